The molecule has 1 saturated heterocycles. The highest BCUT2D eigenvalue weighted by atomic mass is 35.5. The van der Waals surface area contributed by atoms with E-state index in [0.29, 0.717) is 50.0 Å². The Morgan fingerprint density at radius 1 is 1.00 bits per heavy atom. The first-order chi connectivity index (χ1) is 27.7. The molecule has 7 rings (SSSR count). The summed E-state index contributed by atoms with van der Waals surface area (Å²) in [6.07, 6.45) is 5.25. The highest BCUT2D eigenvalue weighted by Gasteiger charge is 2.28. The molecule has 1 aliphatic rings. The summed E-state index contributed by atoms with van der Waals surface area (Å²) in [7, 11) is 2.13. The van der Waals surface area contributed by atoms with Gasteiger partial charge in [-0.25, -0.2) is 19.7 Å². The van der Waals surface area contributed by atoms with Gasteiger partial charge in [-0.1, -0.05) is 49.2 Å². The molecule has 0 amide bonds. The fraction of sp³-hybridized carbons (Fsp3) is 0.357. The number of halogens is 2. The summed E-state index contributed by atoms with van der Waals surface area (Å²) < 4.78 is 34.8. The molecule has 1 unspecified atom stereocenters. The Morgan fingerprint density at radius 3 is 2.60 bits per heavy atom. The number of carboxylic acids is 1. The van der Waals surface area contributed by atoms with E-state index in [1.807, 2.05) is 54.1 Å². The zero-order chi connectivity index (χ0) is 39.9. The molecule has 0 radical (unpaired) electrons. The number of likely N-dealkylation sites (N-methyl/N-ethyl adjacent to an activating group) is 1. The number of unbranched alkanes of at least 4 members (excludes halogenated alkanes) is 1. The molecule has 12 nitrogen and oxygen atoms in total. The number of thiophene rings is 1. The number of hydrogen-bond acceptors (Lipinski definition) is 11. The van der Waals surface area contributed by atoms with Crippen molar-refractivity contribution in [2.24, 2.45) is 0 Å². The predicted molar refractivity (Wildman–Crippen MR) is 219 cm³/mol. The molecule has 1 fully saturated rings. The summed E-state index contributed by atoms with van der Waals surface area (Å²) in [5.74, 6) is -0.603. The van der Waals surface area contributed by atoms with Gasteiger partial charge in [-0.05, 0) is 67.4 Å². The van der Waals surface area contributed by atoms with Crippen molar-refractivity contribution in [2.75, 3.05) is 46.4 Å². The third-order valence-corrected chi connectivity index (χ3v) is 11.8. The highest BCUT2D eigenvalue weighted by Crippen LogP contribution is 2.49. The van der Waals surface area contributed by atoms with Crippen molar-refractivity contribution in [3.8, 4) is 38.9 Å². The third-order valence-electron chi connectivity index (χ3n) is 10.1. The van der Waals surface area contributed by atoms with Gasteiger partial charge in [0.15, 0.2) is 0 Å². The molecule has 0 bridgehead atoms. The molecule has 15 heteroatoms. The van der Waals surface area contributed by atoms with Gasteiger partial charge in [0.1, 0.15) is 35.9 Å². The fourth-order valence-corrected chi connectivity index (χ4v) is 8.19. The van der Waals surface area contributed by atoms with E-state index in [9.17, 15) is 14.3 Å². The Hall–Kier alpha value is -5.15. The van der Waals surface area contributed by atoms with E-state index in [2.05, 4.69) is 43.8 Å². The Balaban J connectivity index is 1.20. The molecule has 1 atom stereocenters. The van der Waals surface area contributed by atoms with Crippen molar-refractivity contribution < 1.29 is 28.5 Å². The maximum Gasteiger partial charge on any atom is 0.345 e. The normalized spacial score (nSPS) is 14.2. The van der Waals surface area contributed by atoms with Gasteiger partial charge >= 0.3 is 5.97 Å². The number of nitrogens with zero attached hydrogens (tertiary/aromatic N) is 7. The first kappa shape index (κ1) is 40.1. The minimum Gasteiger partial charge on any atom is -0.491 e. The zero-order valence-electron chi connectivity index (χ0n) is 32.2. The molecule has 2 aromatic carbocycles. The molecular weight excluding hydrogens is 769 g/mol. The number of para-hydroxylation sites is 1. The van der Waals surface area contributed by atoms with E-state index in [-0.39, 0.29) is 18.9 Å². The van der Waals surface area contributed by atoms with Crippen LogP contribution in [0.3, 0.4) is 0 Å². The number of benzene rings is 2. The lowest BCUT2D eigenvalue weighted by Gasteiger charge is -2.32. The highest BCUT2D eigenvalue weighted by molar-refractivity contribution is 7.22. The van der Waals surface area contributed by atoms with Crippen LogP contribution >= 0.6 is 22.9 Å². The third kappa shape index (κ3) is 9.36. The molecule has 0 spiro atoms. The van der Waals surface area contributed by atoms with Gasteiger partial charge in [0.05, 0.1) is 16.1 Å². The average Bonchev–Trinajstić information content (AvgIpc) is 3.84. The summed E-state index contributed by atoms with van der Waals surface area (Å²) in [5, 5.41) is 15.9. The number of aryl methyl sites for hydroxylation is 1. The average molecular weight is 814 g/mol. The standard InChI is InChI=1S/C42H45ClFN7O5S/c1-4-5-16-51-30(14-15-48-51)25-55-32-9-7-6-8-28(32)23-34(42(52)53)56-40-37-36(39(57-41(37)47-26-46-40)29-10-13-35(44)45-24-29)31-11-12-33(38(43)27(31)2)54-22-21-50-19-17-49(3)18-20-50/h6-15,24,26,34H,4-5,16-23,25H2,1-3H3,(H,52,53). The van der Waals surface area contributed by atoms with Gasteiger partial charge < -0.3 is 24.2 Å². The van der Waals surface area contributed by atoms with Crippen molar-refractivity contribution in [3.05, 3.63) is 101 Å². The monoisotopic (exact) mass is 813 g/mol. The van der Waals surface area contributed by atoms with E-state index >= 15 is 0 Å². The quantitative estimate of drug-likeness (QED) is 0.0907. The van der Waals surface area contributed by atoms with Crippen LogP contribution < -0.4 is 14.2 Å². The van der Waals surface area contributed by atoms with E-state index < -0.39 is 18.0 Å². The van der Waals surface area contributed by atoms with Gasteiger partial charge in [-0.3, -0.25) is 9.58 Å². The summed E-state index contributed by atoms with van der Waals surface area (Å²) in [5.41, 5.74) is 4.35. The SMILES string of the molecule is CCCCn1nccc1COc1ccccc1CC(Oc1ncnc2sc(-c3ccc(F)nc3)c(-c3ccc(OCCN4CCN(C)CC4)c(Cl)c3C)c12)C(=O)O. The van der Waals surface area contributed by atoms with Crippen LogP contribution in [0.4, 0.5) is 4.39 Å². The first-order valence-corrected chi connectivity index (χ1v) is 20.2. The summed E-state index contributed by atoms with van der Waals surface area (Å²) in [6.45, 7) is 10.4. The number of carbonyl (C=O) groups is 1. The molecule has 6 aromatic rings. The van der Waals surface area contributed by atoms with Crippen molar-refractivity contribution in [3.63, 3.8) is 0 Å². The lowest BCUT2D eigenvalue weighted by Crippen LogP contribution is -2.45. The van der Waals surface area contributed by atoms with Gasteiger partial charge in [0, 0.05) is 74.1 Å². The van der Waals surface area contributed by atoms with E-state index in [1.54, 1.807) is 12.3 Å². The van der Waals surface area contributed by atoms with Crippen molar-refractivity contribution in [1.82, 2.24) is 34.5 Å². The lowest BCUT2D eigenvalue weighted by molar-refractivity contribution is -0.145. The molecule has 5 heterocycles. The minimum atomic E-state index is -1.34. The second-order valence-electron chi connectivity index (χ2n) is 14.0. The van der Waals surface area contributed by atoms with Crippen molar-refractivity contribution in [2.45, 2.75) is 52.4 Å². The second-order valence-corrected chi connectivity index (χ2v) is 15.4. The van der Waals surface area contributed by atoms with Gasteiger partial charge in [-0.15, -0.1) is 11.3 Å². The van der Waals surface area contributed by atoms with Crippen LogP contribution in [0.5, 0.6) is 17.4 Å². The fourth-order valence-electron chi connectivity index (χ4n) is 6.84. The molecule has 298 valence electrons. The Labute approximate surface area is 339 Å². The Morgan fingerprint density at radius 2 is 1.82 bits per heavy atom. The molecular formula is C42H45ClFN7O5S. The molecule has 4 aromatic heterocycles. The largest absolute Gasteiger partial charge is 0.491 e. The molecule has 1 N–H and O–H groups in total. The predicted octanol–water partition coefficient (Wildman–Crippen LogP) is 7.80. The van der Waals surface area contributed by atoms with Crippen LogP contribution in [0.1, 0.15) is 36.6 Å². The first-order valence-electron chi connectivity index (χ1n) is 19.0. The smallest absolute Gasteiger partial charge is 0.345 e. The van der Waals surface area contributed by atoms with E-state index in [0.717, 1.165) is 73.8 Å². The lowest BCUT2D eigenvalue weighted by atomic mass is 9.96. The number of aromatic nitrogens is 5. The zero-order valence-corrected chi connectivity index (χ0v) is 33.7. The number of piperazine rings is 1. The van der Waals surface area contributed by atoms with Gasteiger partial charge in [0.2, 0.25) is 17.9 Å². The van der Waals surface area contributed by atoms with Crippen LogP contribution in [0.2, 0.25) is 5.02 Å². The molecule has 0 aliphatic carbocycles. The number of rotatable bonds is 17. The topological polar surface area (TPSA) is 128 Å². The van der Waals surface area contributed by atoms with Crippen LogP contribution in [-0.4, -0.2) is 98.1 Å². The Kier molecular flexibility index (Phi) is 12.9. The Bertz CT molecular complexity index is 2310. The van der Waals surface area contributed by atoms with Crippen molar-refractivity contribution >= 4 is 39.1 Å². The molecule has 0 saturated carbocycles. The summed E-state index contributed by atoms with van der Waals surface area (Å²) in [4.78, 5) is 31.8. The van der Waals surface area contributed by atoms with Crippen LogP contribution in [0.15, 0.2) is 73.3 Å². The van der Waals surface area contributed by atoms with E-state index in [1.165, 1.54) is 29.9 Å². The number of ether oxygens (including phenoxy) is 3. The molecule has 1 aliphatic heterocycles. The second kappa shape index (κ2) is 18.4. The van der Waals surface area contributed by atoms with Crippen LogP contribution in [-0.2, 0) is 24.4 Å². The van der Waals surface area contributed by atoms with Crippen LogP contribution in [0, 0.1) is 12.9 Å². The maximum atomic E-state index is 14.0. The minimum absolute atomic E-state index is 0.00860. The summed E-state index contributed by atoms with van der Waals surface area (Å²) >= 11 is 8.37. The van der Waals surface area contributed by atoms with Gasteiger partial charge in [0.25, 0.3) is 0 Å². The summed E-state index contributed by atoms with van der Waals surface area (Å²) in [6, 6.07) is 15.9. The molecule has 57 heavy (non-hydrogen) atoms. The van der Waals surface area contributed by atoms with Crippen molar-refractivity contribution in [1.29, 1.82) is 0 Å². The number of aliphatic carboxylic acids is 1. The number of hydrogen-bond donors (Lipinski definition) is 1. The van der Waals surface area contributed by atoms with Gasteiger partial charge in [-0.2, -0.15) is 9.49 Å². The van der Waals surface area contributed by atoms with Crippen LogP contribution in [0.25, 0.3) is 31.8 Å². The maximum absolute atomic E-state index is 14.0. The number of fused-ring (bicyclic) bond motifs is 1. The van der Waals surface area contributed by atoms with E-state index in [4.69, 9.17) is 25.8 Å². The number of carboxylic acid groups (broad SMARTS) is 1. The number of pyridine rings is 1.